The third-order valence-electron chi connectivity index (χ3n) is 10.7. The number of pyridine rings is 1. The van der Waals surface area contributed by atoms with Crippen LogP contribution in [0.3, 0.4) is 0 Å². The molecule has 11 rings (SSSR count). The van der Waals surface area contributed by atoms with E-state index in [0.717, 1.165) is 33.8 Å². The van der Waals surface area contributed by atoms with Gasteiger partial charge >= 0.3 is 0 Å². The molecule has 3 heteroatoms. The maximum atomic E-state index is 4.89. The van der Waals surface area contributed by atoms with Crippen molar-refractivity contribution in [2.45, 2.75) is 6.92 Å². The minimum absolute atomic E-state index is 0.946. The van der Waals surface area contributed by atoms with Gasteiger partial charge < -0.3 is 0 Å². The van der Waals surface area contributed by atoms with Gasteiger partial charge in [-0.25, -0.2) is 4.98 Å². The maximum absolute atomic E-state index is 4.89. The molecule has 0 amide bonds. The summed E-state index contributed by atoms with van der Waals surface area (Å²) in [5, 5.41) is 15.6. The molecule has 0 unspecified atom stereocenters. The highest BCUT2D eigenvalue weighted by atomic mass is 15.1. The van der Waals surface area contributed by atoms with Crippen LogP contribution in [-0.4, -0.2) is 14.5 Å². The minimum atomic E-state index is 0.946. The monoisotopic (exact) mass is 635 g/mol. The van der Waals surface area contributed by atoms with E-state index in [2.05, 4.69) is 150 Å². The van der Waals surface area contributed by atoms with Crippen LogP contribution < -0.4 is 0 Å². The normalized spacial score (nSPS) is 12.1. The van der Waals surface area contributed by atoms with Crippen molar-refractivity contribution in [3.8, 4) is 28.1 Å². The van der Waals surface area contributed by atoms with E-state index in [1.54, 1.807) is 0 Å². The molecule has 0 bridgehead atoms. The van der Waals surface area contributed by atoms with Gasteiger partial charge in [-0.2, -0.15) is 0 Å². The molecule has 0 aliphatic rings. The van der Waals surface area contributed by atoms with Crippen LogP contribution in [0.2, 0.25) is 0 Å². The first kappa shape index (κ1) is 27.4. The first-order chi connectivity index (χ1) is 24.7. The van der Waals surface area contributed by atoms with E-state index in [1.807, 2.05) is 19.2 Å². The Bertz CT molecular complexity index is 3130. The summed E-state index contributed by atoms with van der Waals surface area (Å²) < 4.78 is 2.16. The second-order valence-electron chi connectivity index (χ2n) is 13.4. The summed E-state index contributed by atoms with van der Waals surface area (Å²) >= 11 is 0. The summed E-state index contributed by atoms with van der Waals surface area (Å²) in [6.45, 7) is 2.04. The third-order valence-corrected chi connectivity index (χ3v) is 10.7. The van der Waals surface area contributed by atoms with Crippen LogP contribution in [0.5, 0.6) is 0 Å². The molecule has 3 nitrogen and oxygen atoms in total. The van der Waals surface area contributed by atoms with Gasteiger partial charge in [0.05, 0.1) is 28.6 Å². The number of rotatable bonds is 3. The Labute approximate surface area is 288 Å². The fourth-order valence-corrected chi connectivity index (χ4v) is 8.45. The highest BCUT2D eigenvalue weighted by Gasteiger charge is 2.16. The SMILES string of the molecule is Cc1nc2ccccc2n1-c1ccc(-c2ccc(-c3cc4ccc5cccc6c7cccc8ccc9cccc(c(c3)c4c56)c9c87)cc2)nc1. The molecule has 0 spiro atoms. The minimum Gasteiger partial charge on any atom is -0.295 e. The number of imidazole rings is 1. The van der Waals surface area contributed by atoms with Gasteiger partial charge in [-0.1, -0.05) is 115 Å². The van der Waals surface area contributed by atoms with Crippen molar-refractivity contribution in [3.05, 3.63) is 164 Å². The Kier molecular flexibility index (Phi) is 5.59. The van der Waals surface area contributed by atoms with Crippen molar-refractivity contribution in [2.24, 2.45) is 0 Å². The molecule has 0 atom stereocenters. The van der Waals surface area contributed by atoms with E-state index in [-0.39, 0.29) is 0 Å². The summed E-state index contributed by atoms with van der Waals surface area (Å²) in [4.78, 5) is 9.62. The maximum Gasteiger partial charge on any atom is 0.111 e. The number of fused-ring (bicyclic) bond motifs is 3. The molecule has 50 heavy (non-hydrogen) atoms. The molecule has 2 aromatic heterocycles. The molecule has 2 heterocycles. The zero-order valence-corrected chi connectivity index (χ0v) is 27.4. The van der Waals surface area contributed by atoms with Gasteiger partial charge in [0.2, 0.25) is 0 Å². The molecule has 0 aliphatic heterocycles. The zero-order valence-electron chi connectivity index (χ0n) is 27.4. The lowest BCUT2D eigenvalue weighted by Crippen LogP contribution is -1.98. The molecule has 0 N–H and O–H groups in total. The van der Waals surface area contributed by atoms with Gasteiger partial charge in [0.15, 0.2) is 0 Å². The van der Waals surface area contributed by atoms with E-state index in [1.165, 1.54) is 75.8 Å². The Morgan fingerprint density at radius 1 is 0.440 bits per heavy atom. The largest absolute Gasteiger partial charge is 0.295 e. The number of hydrogen-bond acceptors (Lipinski definition) is 2. The molecule has 9 aromatic carbocycles. The molecule has 0 saturated heterocycles. The van der Waals surface area contributed by atoms with Crippen LogP contribution in [0, 0.1) is 6.92 Å². The lowest BCUT2D eigenvalue weighted by Gasteiger charge is -2.17. The van der Waals surface area contributed by atoms with Crippen molar-refractivity contribution >= 4 is 75.7 Å². The van der Waals surface area contributed by atoms with Gasteiger partial charge in [0, 0.05) is 5.56 Å². The summed E-state index contributed by atoms with van der Waals surface area (Å²) in [5.41, 5.74) is 7.52. The van der Waals surface area contributed by atoms with Gasteiger partial charge in [0.25, 0.3) is 0 Å². The van der Waals surface area contributed by atoms with Gasteiger partial charge in [-0.05, 0) is 119 Å². The summed E-state index contributed by atoms with van der Waals surface area (Å²) in [6, 6.07) is 55.5. The van der Waals surface area contributed by atoms with E-state index in [0.29, 0.717) is 0 Å². The van der Waals surface area contributed by atoms with Crippen LogP contribution in [0.25, 0.3) is 104 Å². The number of hydrogen-bond donors (Lipinski definition) is 0. The van der Waals surface area contributed by atoms with E-state index in [9.17, 15) is 0 Å². The van der Waals surface area contributed by atoms with Crippen molar-refractivity contribution in [3.63, 3.8) is 0 Å². The van der Waals surface area contributed by atoms with Gasteiger partial charge in [-0.15, -0.1) is 0 Å². The number of benzene rings is 8. The van der Waals surface area contributed by atoms with Crippen LogP contribution in [0.4, 0.5) is 0 Å². The van der Waals surface area contributed by atoms with E-state index < -0.39 is 0 Å². The fourth-order valence-electron chi connectivity index (χ4n) is 8.45. The molecule has 0 aliphatic carbocycles. The van der Waals surface area contributed by atoms with Crippen LogP contribution in [0.1, 0.15) is 5.82 Å². The first-order valence-electron chi connectivity index (χ1n) is 17.2. The van der Waals surface area contributed by atoms with Crippen molar-refractivity contribution in [1.82, 2.24) is 14.5 Å². The molecule has 0 radical (unpaired) electrons. The number of aromatic nitrogens is 3. The molecule has 11 aromatic rings. The molecule has 232 valence electrons. The summed E-state index contributed by atoms with van der Waals surface area (Å²) in [7, 11) is 0. The summed E-state index contributed by atoms with van der Waals surface area (Å²) in [5.74, 6) is 0.951. The quantitative estimate of drug-likeness (QED) is 0.181. The Morgan fingerprint density at radius 2 is 1.02 bits per heavy atom. The van der Waals surface area contributed by atoms with Crippen molar-refractivity contribution < 1.29 is 0 Å². The Hall–Kier alpha value is -6.58. The standard InChI is InChI=1S/C47H29N3/c1-28-49-42-13-2-3-14-43(42)50(28)36-23-24-41(48-27-36)30-17-15-29(16-18-30)35-25-34-22-21-33-8-5-11-38-37-10-4-7-31-19-20-32-9-6-12-39(46(32)44(31)37)40(26-35)47(34)45(33)38/h2-27H,1H3. The topological polar surface area (TPSA) is 30.7 Å². The molecule has 0 saturated carbocycles. The lowest BCUT2D eigenvalue weighted by atomic mass is 9.86. The smallest absolute Gasteiger partial charge is 0.111 e. The van der Waals surface area contributed by atoms with Gasteiger partial charge in [-0.3, -0.25) is 9.55 Å². The average Bonchev–Trinajstić information content (AvgIpc) is 3.51. The van der Waals surface area contributed by atoms with Crippen LogP contribution in [-0.2, 0) is 0 Å². The van der Waals surface area contributed by atoms with Crippen LogP contribution in [0.15, 0.2) is 158 Å². The predicted octanol–water partition coefficient (Wildman–Crippen LogP) is 12.4. The van der Waals surface area contributed by atoms with E-state index in [4.69, 9.17) is 9.97 Å². The number of nitrogens with zero attached hydrogens (tertiary/aromatic N) is 3. The zero-order chi connectivity index (χ0) is 32.9. The first-order valence-corrected chi connectivity index (χ1v) is 17.2. The summed E-state index contributed by atoms with van der Waals surface area (Å²) in [6.07, 6.45) is 1.95. The fraction of sp³-hybridized carbons (Fsp3) is 0.0213. The third kappa shape index (κ3) is 3.86. The predicted molar refractivity (Wildman–Crippen MR) is 211 cm³/mol. The Morgan fingerprint density at radius 3 is 1.66 bits per heavy atom. The molecular formula is C47H29N3. The highest BCUT2D eigenvalue weighted by molar-refractivity contribution is 6.37. The number of para-hydroxylation sites is 2. The van der Waals surface area contributed by atoms with Crippen molar-refractivity contribution in [1.29, 1.82) is 0 Å². The average molecular weight is 636 g/mol. The molecule has 0 fully saturated rings. The van der Waals surface area contributed by atoms with Crippen molar-refractivity contribution in [2.75, 3.05) is 0 Å². The Balaban J connectivity index is 1.09. The van der Waals surface area contributed by atoms with E-state index >= 15 is 0 Å². The lowest BCUT2D eigenvalue weighted by molar-refractivity contribution is 0.991. The number of aryl methyl sites for hydroxylation is 1. The highest BCUT2D eigenvalue weighted by Crippen LogP contribution is 2.44. The second kappa shape index (κ2) is 10.2. The molecular weight excluding hydrogens is 607 g/mol. The second-order valence-corrected chi connectivity index (χ2v) is 13.4. The van der Waals surface area contributed by atoms with Crippen LogP contribution >= 0.6 is 0 Å². The van der Waals surface area contributed by atoms with Gasteiger partial charge in [0.1, 0.15) is 5.82 Å².